The zero-order valence-electron chi connectivity index (χ0n) is 14.1. The third-order valence-corrected chi connectivity index (χ3v) is 5.42. The van der Waals surface area contributed by atoms with Crippen LogP contribution in [-0.2, 0) is 0 Å². The van der Waals surface area contributed by atoms with E-state index in [4.69, 9.17) is 0 Å². The molecule has 0 radical (unpaired) electrons. The second-order valence-electron chi connectivity index (χ2n) is 6.12. The lowest BCUT2D eigenvalue weighted by atomic mass is 10.2. The molecule has 27 heavy (non-hydrogen) atoms. The van der Waals surface area contributed by atoms with Crippen molar-refractivity contribution < 1.29 is 9.18 Å². The van der Waals surface area contributed by atoms with Crippen molar-refractivity contribution in [1.29, 1.82) is 0 Å². The monoisotopic (exact) mass is 379 g/mol. The number of hydrogen-bond acceptors (Lipinski definition) is 4. The molecule has 0 bridgehead atoms. The van der Waals surface area contributed by atoms with Gasteiger partial charge in [0.1, 0.15) is 11.5 Å². The summed E-state index contributed by atoms with van der Waals surface area (Å²) in [6.07, 6.45) is 3.37. The Hall–Kier alpha value is -3.26. The zero-order chi connectivity index (χ0) is 18.4. The van der Waals surface area contributed by atoms with Gasteiger partial charge in [-0.2, -0.15) is 5.10 Å². The van der Waals surface area contributed by atoms with Gasteiger partial charge in [-0.15, -0.1) is 11.3 Å². The number of para-hydroxylation sites is 1. The van der Waals surface area contributed by atoms with E-state index in [1.165, 1.54) is 17.4 Å². The smallest absolute Gasteiger partial charge is 0.291 e. The highest BCUT2D eigenvalue weighted by Gasteiger charge is 2.33. The summed E-state index contributed by atoms with van der Waals surface area (Å²) in [7, 11) is 0. The topological polar surface area (TPSA) is 54.3 Å². The molecular weight excluding hydrogens is 365 g/mol. The molecule has 0 N–H and O–H groups in total. The van der Waals surface area contributed by atoms with Crippen molar-refractivity contribution in [3.63, 3.8) is 0 Å². The van der Waals surface area contributed by atoms with Crippen LogP contribution >= 0.6 is 11.3 Å². The predicted molar refractivity (Wildman–Crippen MR) is 103 cm³/mol. The number of rotatable bonds is 3. The van der Waals surface area contributed by atoms with Crippen LogP contribution in [0.1, 0.15) is 0 Å². The summed E-state index contributed by atoms with van der Waals surface area (Å²) >= 11 is 1.44. The summed E-state index contributed by atoms with van der Waals surface area (Å²) in [5.41, 5.74) is 1.89. The molecule has 0 atom stereocenters. The van der Waals surface area contributed by atoms with E-state index in [0.29, 0.717) is 23.9 Å². The Morgan fingerprint density at radius 1 is 1.00 bits per heavy atom. The number of nitrogens with zero attached hydrogens (tertiary/aromatic N) is 5. The highest BCUT2D eigenvalue weighted by molar-refractivity contribution is 7.13. The predicted octanol–water partition coefficient (Wildman–Crippen LogP) is 4.07. The number of anilines is 2. The van der Waals surface area contributed by atoms with Crippen molar-refractivity contribution in [2.45, 2.75) is 0 Å². The fourth-order valence-corrected chi connectivity index (χ4v) is 4.04. The Kier molecular flexibility index (Phi) is 3.64. The summed E-state index contributed by atoms with van der Waals surface area (Å²) in [4.78, 5) is 20.5. The maximum absolute atomic E-state index is 14.2. The summed E-state index contributed by atoms with van der Waals surface area (Å²) in [5, 5.41) is 7.71. The van der Waals surface area contributed by atoms with E-state index in [1.807, 2.05) is 23.6 Å². The molecule has 3 heterocycles. The Balaban J connectivity index is 1.58. The molecule has 8 heteroatoms. The summed E-state index contributed by atoms with van der Waals surface area (Å²) in [6.45, 7) is 1.13. The van der Waals surface area contributed by atoms with Crippen LogP contribution in [0.4, 0.5) is 20.0 Å². The van der Waals surface area contributed by atoms with E-state index in [0.717, 1.165) is 16.6 Å². The first-order valence-corrected chi connectivity index (χ1v) is 9.32. The van der Waals surface area contributed by atoms with Crippen molar-refractivity contribution in [2.24, 2.45) is 0 Å². The lowest BCUT2D eigenvalue weighted by molar-refractivity contribution is 0.256. The van der Waals surface area contributed by atoms with E-state index in [9.17, 15) is 9.18 Å². The number of hydrogen-bond donors (Lipinski definition) is 0. The highest BCUT2D eigenvalue weighted by Crippen LogP contribution is 2.32. The molecule has 0 aliphatic carbocycles. The molecule has 5 rings (SSSR count). The standard InChI is InChI=1S/C19H14FN5OS/c20-14-4-1-2-5-17(14)25-16-7-3-6-15(13(16)12-22-25)23-9-10-24(19(23)26)18-21-8-11-27-18/h1-8,11-12H,9-10H2. The number of benzene rings is 2. The molecule has 2 amide bonds. The molecular formula is C19H14FN5OS. The first kappa shape index (κ1) is 16.0. The van der Waals surface area contributed by atoms with Gasteiger partial charge in [0.25, 0.3) is 0 Å². The number of thiazole rings is 1. The zero-order valence-corrected chi connectivity index (χ0v) is 14.9. The van der Waals surface area contributed by atoms with Gasteiger partial charge in [0, 0.05) is 30.1 Å². The summed E-state index contributed by atoms with van der Waals surface area (Å²) in [6, 6.07) is 12.0. The molecule has 1 aliphatic heterocycles. The van der Waals surface area contributed by atoms with Gasteiger partial charge in [0.05, 0.1) is 17.4 Å². The van der Waals surface area contributed by atoms with Crippen LogP contribution in [0.5, 0.6) is 0 Å². The van der Waals surface area contributed by atoms with E-state index >= 15 is 0 Å². The maximum atomic E-state index is 14.2. The van der Waals surface area contributed by atoms with Crippen molar-refractivity contribution in [1.82, 2.24) is 14.8 Å². The van der Waals surface area contributed by atoms with Crippen LogP contribution in [0.25, 0.3) is 16.6 Å². The second-order valence-corrected chi connectivity index (χ2v) is 6.99. The van der Waals surface area contributed by atoms with Crippen molar-refractivity contribution in [3.8, 4) is 5.69 Å². The first-order chi connectivity index (χ1) is 13.2. The number of urea groups is 1. The lowest BCUT2D eigenvalue weighted by Crippen LogP contribution is -2.31. The number of carbonyl (C=O) groups excluding carboxylic acids is 1. The van der Waals surface area contributed by atoms with E-state index in [1.54, 1.807) is 45.1 Å². The molecule has 0 spiro atoms. The average molecular weight is 379 g/mol. The molecule has 4 aromatic rings. The molecule has 2 aromatic heterocycles. The van der Waals surface area contributed by atoms with E-state index in [-0.39, 0.29) is 11.8 Å². The summed E-state index contributed by atoms with van der Waals surface area (Å²) in [5.74, 6) is -0.347. The number of carbonyl (C=O) groups is 1. The van der Waals surface area contributed by atoms with Gasteiger partial charge < -0.3 is 0 Å². The molecule has 0 saturated carbocycles. The third-order valence-electron chi connectivity index (χ3n) is 4.62. The van der Waals surface area contributed by atoms with Crippen LogP contribution in [-0.4, -0.2) is 33.9 Å². The molecule has 1 fully saturated rings. The fraction of sp³-hybridized carbons (Fsp3) is 0.105. The van der Waals surface area contributed by atoms with Crippen molar-refractivity contribution in [3.05, 3.63) is 66.1 Å². The first-order valence-electron chi connectivity index (χ1n) is 8.44. The number of fused-ring (bicyclic) bond motifs is 1. The van der Waals surface area contributed by atoms with Crippen molar-refractivity contribution >= 4 is 39.1 Å². The SMILES string of the molecule is O=C1N(c2nccs2)CCN1c1cccc2c1cnn2-c1ccccc1F. The highest BCUT2D eigenvalue weighted by atomic mass is 32.1. The molecule has 6 nitrogen and oxygen atoms in total. The average Bonchev–Trinajstić information content (AvgIpc) is 3.41. The minimum absolute atomic E-state index is 0.115. The van der Waals surface area contributed by atoms with Gasteiger partial charge in [-0.25, -0.2) is 18.9 Å². The van der Waals surface area contributed by atoms with Crippen LogP contribution in [0.2, 0.25) is 0 Å². The Morgan fingerprint density at radius 3 is 2.63 bits per heavy atom. The van der Waals surface area contributed by atoms with Gasteiger partial charge in [0.2, 0.25) is 0 Å². The largest absolute Gasteiger partial charge is 0.330 e. The minimum atomic E-state index is -0.347. The van der Waals surface area contributed by atoms with Gasteiger partial charge >= 0.3 is 6.03 Å². The molecule has 134 valence electrons. The molecule has 1 aliphatic rings. The number of amides is 2. The van der Waals surface area contributed by atoms with E-state index in [2.05, 4.69) is 10.1 Å². The van der Waals surface area contributed by atoms with Gasteiger partial charge in [-0.3, -0.25) is 9.80 Å². The molecule has 1 saturated heterocycles. The lowest BCUT2D eigenvalue weighted by Gasteiger charge is -2.18. The Morgan fingerprint density at radius 2 is 1.81 bits per heavy atom. The van der Waals surface area contributed by atoms with Crippen LogP contribution in [0.3, 0.4) is 0 Å². The van der Waals surface area contributed by atoms with Gasteiger partial charge in [-0.1, -0.05) is 18.2 Å². The van der Waals surface area contributed by atoms with Gasteiger partial charge in [-0.05, 0) is 24.3 Å². The van der Waals surface area contributed by atoms with E-state index < -0.39 is 0 Å². The summed E-state index contributed by atoms with van der Waals surface area (Å²) < 4.78 is 15.8. The molecule has 2 aromatic carbocycles. The number of aromatic nitrogens is 3. The molecule has 0 unspecified atom stereocenters. The van der Waals surface area contributed by atoms with Crippen LogP contribution < -0.4 is 9.80 Å². The normalized spacial score (nSPS) is 14.5. The third kappa shape index (κ3) is 2.48. The Labute approximate surface area is 158 Å². The minimum Gasteiger partial charge on any atom is -0.291 e. The second kappa shape index (κ2) is 6.17. The quantitative estimate of drug-likeness (QED) is 0.539. The fourth-order valence-electron chi connectivity index (χ4n) is 3.37. The maximum Gasteiger partial charge on any atom is 0.330 e. The van der Waals surface area contributed by atoms with Gasteiger partial charge in [0.15, 0.2) is 5.13 Å². The van der Waals surface area contributed by atoms with Crippen molar-refractivity contribution in [2.75, 3.05) is 22.9 Å². The Bertz CT molecular complexity index is 1140. The number of halogens is 1. The van der Waals surface area contributed by atoms with Crippen LogP contribution in [0.15, 0.2) is 60.2 Å². The van der Waals surface area contributed by atoms with Crippen LogP contribution in [0, 0.1) is 5.82 Å².